The molecule has 1 aliphatic heterocycles. The van der Waals surface area contributed by atoms with Crippen molar-refractivity contribution in [1.29, 1.82) is 0 Å². The van der Waals surface area contributed by atoms with Crippen LogP contribution in [0.15, 0.2) is 0 Å². The van der Waals surface area contributed by atoms with Crippen LogP contribution in [0.5, 0.6) is 0 Å². The highest BCUT2D eigenvalue weighted by Gasteiger charge is 2.25. The summed E-state index contributed by atoms with van der Waals surface area (Å²) < 4.78 is 0. The maximum Gasteiger partial charge on any atom is 0.0494 e. The van der Waals surface area contributed by atoms with Gasteiger partial charge in [-0.2, -0.15) is 11.8 Å². The van der Waals surface area contributed by atoms with Gasteiger partial charge in [-0.05, 0) is 19.2 Å². The van der Waals surface area contributed by atoms with Gasteiger partial charge in [0.1, 0.15) is 0 Å². The minimum absolute atomic E-state index is 0.0437. The van der Waals surface area contributed by atoms with Gasteiger partial charge in [0, 0.05) is 30.4 Å². The molecule has 1 atom stereocenters. The molecule has 13 heavy (non-hydrogen) atoms. The first kappa shape index (κ1) is 11.3. The Morgan fingerprint density at radius 2 is 2.23 bits per heavy atom. The first-order chi connectivity index (χ1) is 6.05. The van der Waals surface area contributed by atoms with E-state index in [1.165, 1.54) is 17.9 Å². The van der Waals surface area contributed by atoms with Crippen molar-refractivity contribution in [2.24, 2.45) is 5.41 Å². The number of thioether (sulfide) groups is 1. The Labute approximate surface area is 85.7 Å². The van der Waals surface area contributed by atoms with Crippen LogP contribution >= 0.6 is 11.8 Å². The van der Waals surface area contributed by atoms with Gasteiger partial charge in [0.05, 0.1) is 0 Å². The van der Waals surface area contributed by atoms with Crippen molar-refractivity contribution in [2.75, 3.05) is 31.7 Å². The molecule has 0 aromatic rings. The maximum atomic E-state index is 9.15. The Balaban J connectivity index is 2.35. The topological polar surface area (TPSA) is 23.5 Å². The summed E-state index contributed by atoms with van der Waals surface area (Å²) in [6, 6.07) is 0.732. The van der Waals surface area contributed by atoms with Crippen LogP contribution in [0.4, 0.5) is 0 Å². The Hall–Kier alpha value is 0.270. The van der Waals surface area contributed by atoms with Crippen molar-refractivity contribution in [2.45, 2.75) is 26.3 Å². The molecule has 0 amide bonds. The lowest BCUT2D eigenvalue weighted by Gasteiger charge is -2.32. The van der Waals surface area contributed by atoms with Crippen LogP contribution in [0.2, 0.25) is 0 Å². The third-order valence-corrected chi connectivity index (χ3v) is 3.78. The maximum absolute atomic E-state index is 9.15. The molecule has 0 spiro atoms. The van der Waals surface area contributed by atoms with E-state index < -0.39 is 0 Å². The van der Waals surface area contributed by atoms with Gasteiger partial charge in [-0.15, -0.1) is 0 Å². The minimum Gasteiger partial charge on any atom is -0.396 e. The molecule has 1 N–H and O–H groups in total. The van der Waals surface area contributed by atoms with E-state index in [1.807, 2.05) is 11.8 Å². The predicted molar refractivity (Wildman–Crippen MR) is 59.2 cm³/mol. The van der Waals surface area contributed by atoms with Crippen LogP contribution in [0.1, 0.15) is 20.3 Å². The molecule has 3 heteroatoms. The normalized spacial score (nSPS) is 24.2. The second kappa shape index (κ2) is 4.67. The number of rotatable bonds is 4. The largest absolute Gasteiger partial charge is 0.396 e. The fourth-order valence-electron chi connectivity index (χ4n) is 1.72. The van der Waals surface area contributed by atoms with Crippen molar-refractivity contribution in [3.05, 3.63) is 0 Å². The van der Waals surface area contributed by atoms with Crippen LogP contribution in [-0.4, -0.2) is 47.8 Å². The molecule has 0 bridgehead atoms. The van der Waals surface area contributed by atoms with Crippen LogP contribution in [0, 0.1) is 5.41 Å². The molecule has 1 aliphatic rings. The molecule has 78 valence electrons. The zero-order valence-electron chi connectivity index (χ0n) is 8.92. The summed E-state index contributed by atoms with van der Waals surface area (Å²) >= 11 is 2.04. The molecular weight excluding hydrogens is 182 g/mol. The Bertz CT molecular complexity index is 155. The summed E-state index contributed by atoms with van der Waals surface area (Å²) in [6.45, 7) is 5.50. The first-order valence-corrected chi connectivity index (χ1v) is 6.09. The molecule has 1 heterocycles. The molecular formula is C10H21NOS. The van der Waals surface area contributed by atoms with Crippen molar-refractivity contribution in [3.8, 4) is 0 Å². The van der Waals surface area contributed by atoms with E-state index in [9.17, 15) is 0 Å². The van der Waals surface area contributed by atoms with Crippen molar-refractivity contribution >= 4 is 11.8 Å². The van der Waals surface area contributed by atoms with E-state index in [2.05, 4.69) is 25.8 Å². The van der Waals surface area contributed by atoms with E-state index in [1.54, 1.807) is 0 Å². The van der Waals surface area contributed by atoms with E-state index in [0.717, 1.165) is 12.6 Å². The van der Waals surface area contributed by atoms with Crippen LogP contribution in [-0.2, 0) is 0 Å². The summed E-state index contributed by atoms with van der Waals surface area (Å²) in [4.78, 5) is 2.40. The van der Waals surface area contributed by atoms with Crippen LogP contribution in [0.3, 0.4) is 0 Å². The Kier molecular flexibility index (Phi) is 4.07. The summed E-state index contributed by atoms with van der Waals surface area (Å²) in [5.41, 5.74) is 0.0437. The number of aliphatic hydroxyl groups excluding tert-OH is 1. The van der Waals surface area contributed by atoms with E-state index >= 15 is 0 Å². The van der Waals surface area contributed by atoms with Gasteiger partial charge < -0.3 is 10.0 Å². The Morgan fingerprint density at radius 3 is 2.69 bits per heavy atom. The molecule has 0 aromatic heterocycles. The third kappa shape index (κ3) is 3.49. The molecule has 0 radical (unpaired) electrons. The molecule has 0 aliphatic carbocycles. The first-order valence-electron chi connectivity index (χ1n) is 4.94. The Morgan fingerprint density at radius 1 is 1.54 bits per heavy atom. The summed E-state index contributed by atoms with van der Waals surface area (Å²) in [5.74, 6) is 2.56. The van der Waals surface area contributed by atoms with E-state index in [0.29, 0.717) is 0 Å². The van der Waals surface area contributed by atoms with Gasteiger partial charge in [-0.1, -0.05) is 13.8 Å². The molecule has 1 rings (SSSR count). The molecule has 1 saturated heterocycles. The smallest absolute Gasteiger partial charge is 0.0494 e. The van der Waals surface area contributed by atoms with Gasteiger partial charge in [0.2, 0.25) is 0 Å². The number of aliphatic hydroxyl groups is 1. The number of hydrogen-bond donors (Lipinski definition) is 1. The van der Waals surface area contributed by atoms with Gasteiger partial charge in [0.15, 0.2) is 0 Å². The lowest BCUT2D eigenvalue weighted by molar-refractivity contribution is 0.1000. The van der Waals surface area contributed by atoms with Crippen molar-refractivity contribution in [3.63, 3.8) is 0 Å². The highest BCUT2D eigenvalue weighted by Crippen LogP contribution is 2.24. The summed E-state index contributed by atoms with van der Waals surface area (Å²) in [6.07, 6.45) is 1.31. The van der Waals surface area contributed by atoms with Gasteiger partial charge in [0.25, 0.3) is 0 Å². The molecule has 1 fully saturated rings. The minimum atomic E-state index is 0.0437. The second-order valence-electron chi connectivity index (χ2n) is 4.75. The molecule has 2 nitrogen and oxygen atoms in total. The fourth-order valence-corrected chi connectivity index (χ4v) is 3.02. The van der Waals surface area contributed by atoms with Gasteiger partial charge >= 0.3 is 0 Å². The quantitative estimate of drug-likeness (QED) is 0.748. The third-order valence-electron chi connectivity index (χ3n) is 2.63. The SMILES string of the molecule is CN(CC(C)(C)CO)C1CCSC1. The summed E-state index contributed by atoms with van der Waals surface area (Å²) in [5, 5.41) is 9.15. The van der Waals surface area contributed by atoms with E-state index in [4.69, 9.17) is 5.11 Å². The summed E-state index contributed by atoms with van der Waals surface area (Å²) in [7, 11) is 2.17. The van der Waals surface area contributed by atoms with E-state index in [-0.39, 0.29) is 12.0 Å². The average molecular weight is 203 g/mol. The average Bonchev–Trinajstić information content (AvgIpc) is 2.55. The standard InChI is InChI=1S/C10H21NOS/c1-10(2,8-12)7-11(3)9-4-5-13-6-9/h9,12H,4-8H2,1-3H3. The van der Waals surface area contributed by atoms with Crippen LogP contribution in [0.25, 0.3) is 0 Å². The molecule has 1 unspecified atom stereocenters. The van der Waals surface area contributed by atoms with Gasteiger partial charge in [-0.25, -0.2) is 0 Å². The zero-order chi connectivity index (χ0) is 9.90. The van der Waals surface area contributed by atoms with Crippen molar-refractivity contribution < 1.29 is 5.11 Å². The molecule has 0 aromatic carbocycles. The number of hydrogen-bond acceptors (Lipinski definition) is 3. The highest BCUT2D eigenvalue weighted by atomic mass is 32.2. The van der Waals surface area contributed by atoms with Gasteiger partial charge in [-0.3, -0.25) is 0 Å². The highest BCUT2D eigenvalue weighted by molar-refractivity contribution is 7.99. The molecule has 0 saturated carbocycles. The second-order valence-corrected chi connectivity index (χ2v) is 5.90. The predicted octanol–water partition coefficient (Wildman–Crippen LogP) is 1.44. The zero-order valence-corrected chi connectivity index (χ0v) is 9.73. The van der Waals surface area contributed by atoms with Crippen LogP contribution < -0.4 is 0 Å². The number of nitrogens with zero attached hydrogens (tertiary/aromatic N) is 1. The fraction of sp³-hybridized carbons (Fsp3) is 1.00. The monoisotopic (exact) mass is 203 g/mol. The van der Waals surface area contributed by atoms with Crippen molar-refractivity contribution in [1.82, 2.24) is 4.90 Å². The lowest BCUT2D eigenvalue weighted by Crippen LogP contribution is -2.40. The lowest BCUT2D eigenvalue weighted by atomic mass is 9.93.